The third-order valence-electron chi connectivity index (χ3n) is 2.66. The normalized spacial score (nSPS) is 20.1. The molecule has 0 aliphatic carbocycles. The van der Waals surface area contributed by atoms with E-state index >= 15 is 0 Å². The first-order valence-corrected chi connectivity index (χ1v) is 5.39. The molecule has 0 spiro atoms. The van der Waals surface area contributed by atoms with Gasteiger partial charge in [0.2, 0.25) is 11.9 Å². The summed E-state index contributed by atoms with van der Waals surface area (Å²) in [7, 11) is 1.58. The van der Waals surface area contributed by atoms with E-state index in [-0.39, 0.29) is 11.9 Å². The second-order valence-electron chi connectivity index (χ2n) is 3.73. The van der Waals surface area contributed by atoms with Gasteiger partial charge in [0, 0.05) is 26.7 Å². The number of likely N-dealkylation sites (N-methyl/N-ethyl adjacent to an activating group) is 1. The van der Waals surface area contributed by atoms with Crippen LogP contribution in [0, 0.1) is 5.82 Å². The highest BCUT2D eigenvalue weighted by Crippen LogP contribution is 2.12. The predicted molar refractivity (Wildman–Crippen MR) is 60.1 cm³/mol. The Labute approximate surface area is 98.2 Å². The van der Waals surface area contributed by atoms with Gasteiger partial charge in [0.15, 0.2) is 5.82 Å². The zero-order chi connectivity index (χ0) is 12.3. The molecule has 1 atom stereocenters. The third-order valence-corrected chi connectivity index (χ3v) is 2.66. The topological polar surface area (TPSA) is 70.2 Å². The molecule has 2 heterocycles. The first-order chi connectivity index (χ1) is 8.22. The molecule has 92 valence electrons. The quantitative estimate of drug-likeness (QED) is 0.703. The van der Waals surface area contributed by atoms with E-state index in [0.29, 0.717) is 19.0 Å². The average Bonchev–Trinajstić information content (AvgIpc) is 2.39. The lowest BCUT2D eigenvalue weighted by Gasteiger charge is -2.34. The van der Waals surface area contributed by atoms with Gasteiger partial charge in [0.1, 0.15) is 6.04 Å². The number of amides is 1. The Kier molecular flexibility index (Phi) is 3.48. The van der Waals surface area contributed by atoms with Crippen LogP contribution in [0.2, 0.25) is 0 Å². The molecule has 2 rings (SSSR count). The number of aromatic nitrogens is 2. The lowest BCUT2D eigenvalue weighted by molar-refractivity contribution is -0.122. The molecule has 1 aromatic rings. The molecule has 2 N–H and O–H groups in total. The maximum absolute atomic E-state index is 12.7. The molecule has 1 aliphatic rings. The molecule has 0 bridgehead atoms. The molecule has 6 nitrogen and oxygen atoms in total. The Bertz CT molecular complexity index is 396. The Morgan fingerprint density at radius 3 is 2.94 bits per heavy atom. The molecule has 0 saturated carbocycles. The maximum Gasteiger partial charge on any atom is 0.243 e. The van der Waals surface area contributed by atoms with E-state index in [2.05, 4.69) is 20.6 Å². The molecule has 1 fully saturated rings. The van der Waals surface area contributed by atoms with Crippen LogP contribution in [-0.2, 0) is 4.79 Å². The summed E-state index contributed by atoms with van der Waals surface area (Å²) in [6, 6.07) is -0.362. The van der Waals surface area contributed by atoms with Crippen molar-refractivity contribution in [1.82, 2.24) is 20.6 Å². The number of halogens is 1. The number of anilines is 1. The fraction of sp³-hybridized carbons (Fsp3) is 0.500. The van der Waals surface area contributed by atoms with E-state index in [9.17, 15) is 9.18 Å². The number of nitrogens with one attached hydrogen (secondary N) is 2. The van der Waals surface area contributed by atoms with Crippen LogP contribution in [0.4, 0.5) is 10.3 Å². The van der Waals surface area contributed by atoms with Gasteiger partial charge in [0.05, 0.1) is 12.4 Å². The molecule has 1 aromatic heterocycles. The minimum absolute atomic E-state index is 0.106. The number of carbonyl (C=O) groups excluding carboxylic acids is 1. The summed E-state index contributed by atoms with van der Waals surface area (Å²) < 4.78 is 12.7. The van der Waals surface area contributed by atoms with E-state index in [1.165, 1.54) is 0 Å². The third kappa shape index (κ3) is 2.50. The Morgan fingerprint density at radius 1 is 1.59 bits per heavy atom. The minimum atomic E-state index is -0.486. The van der Waals surface area contributed by atoms with Crippen LogP contribution in [0.15, 0.2) is 12.4 Å². The molecule has 17 heavy (non-hydrogen) atoms. The van der Waals surface area contributed by atoms with Crippen molar-refractivity contribution < 1.29 is 9.18 Å². The highest BCUT2D eigenvalue weighted by atomic mass is 19.1. The molecule has 1 amide bonds. The van der Waals surface area contributed by atoms with Crippen molar-refractivity contribution in [2.75, 3.05) is 31.6 Å². The van der Waals surface area contributed by atoms with Gasteiger partial charge in [-0.3, -0.25) is 4.79 Å². The largest absolute Gasteiger partial charge is 0.357 e. The van der Waals surface area contributed by atoms with Gasteiger partial charge in [-0.05, 0) is 0 Å². The highest BCUT2D eigenvalue weighted by molar-refractivity contribution is 5.85. The molecule has 1 unspecified atom stereocenters. The number of piperazine rings is 1. The van der Waals surface area contributed by atoms with E-state index in [1.807, 2.05) is 0 Å². The molecule has 7 heteroatoms. The second-order valence-corrected chi connectivity index (χ2v) is 3.73. The summed E-state index contributed by atoms with van der Waals surface area (Å²) in [5, 5.41) is 5.72. The number of carbonyl (C=O) groups is 1. The number of hydrogen-bond acceptors (Lipinski definition) is 5. The Morgan fingerprint density at radius 2 is 2.29 bits per heavy atom. The summed E-state index contributed by atoms with van der Waals surface area (Å²) in [6.45, 7) is 1.89. The van der Waals surface area contributed by atoms with Crippen molar-refractivity contribution in [2.45, 2.75) is 6.04 Å². The van der Waals surface area contributed by atoms with Gasteiger partial charge < -0.3 is 15.5 Å². The average molecular weight is 239 g/mol. The van der Waals surface area contributed by atoms with Crippen LogP contribution in [0.25, 0.3) is 0 Å². The van der Waals surface area contributed by atoms with Crippen molar-refractivity contribution in [3.8, 4) is 0 Å². The summed E-state index contributed by atoms with van der Waals surface area (Å²) >= 11 is 0. The monoisotopic (exact) mass is 239 g/mol. The van der Waals surface area contributed by atoms with Crippen molar-refractivity contribution in [3.63, 3.8) is 0 Å². The van der Waals surface area contributed by atoms with E-state index in [0.717, 1.165) is 18.9 Å². The first kappa shape index (κ1) is 11.7. The predicted octanol–water partition coefficient (Wildman–Crippen LogP) is -0.860. The van der Waals surface area contributed by atoms with Gasteiger partial charge in [-0.25, -0.2) is 14.4 Å². The zero-order valence-corrected chi connectivity index (χ0v) is 9.48. The van der Waals surface area contributed by atoms with Gasteiger partial charge >= 0.3 is 0 Å². The summed E-state index contributed by atoms with van der Waals surface area (Å²) in [6.07, 6.45) is 2.20. The lowest BCUT2D eigenvalue weighted by atomic mass is 10.2. The standard InChI is InChI=1S/C10H14FN5O/c1-12-9(17)8-6-13-2-3-16(8)10-14-4-7(11)5-15-10/h4-5,8,13H,2-3,6H2,1H3,(H,12,17). The fourth-order valence-corrected chi connectivity index (χ4v) is 1.80. The first-order valence-electron chi connectivity index (χ1n) is 5.39. The molecular formula is C10H14FN5O. The van der Waals surface area contributed by atoms with Crippen LogP contribution < -0.4 is 15.5 Å². The van der Waals surface area contributed by atoms with Gasteiger partial charge in [-0.2, -0.15) is 0 Å². The van der Waals surface area contributed by atoms with Crippen molar-refractivity contribution in [1.29, 1.82) is 0 Å². The van der Waals surface area contributed by atoms with Gasteiger partial charge in [0.25, 0.3) is 0 Å². The SMILES string of the molecule is CNC(=O)C1CNCCN1c1ncc(F)cn1. The molecule has 0 radical (unpaired) electrons. The Hall–Kier alpha value is -1.76. The highest BCUT2D eigenvalue weighted by Gasteiger charge is 2.29. The van der Waals surface area contributed by atoms with Crippen LogP contribution in [0.1, 0.15) is 0 Å². The van der Waals surface area contributed by atoms with Crippen molar-refractivity contribution >= 4 is 11.9 Å². The molecule has 0 aromatic carbocycles. The Balaban J connectivity index is 2.21. The van der Waals surface area contributed by atoms with Crippen LogP contribution in [0.3, 0.4) is 0 Å². The molecule has 1 saturated heterocycles. The fourth-order valence-electron chi connectivity index (χ4n) is 1.80. The molecular weight excluding hydrogens is 225 g/mol. The smallest absolute Gasteiger partial charge is 0.243 e. The minimum Gasteiger partial charge on any atom is -0.357 e. The van der Waals surface area contributed by atoms with Crippen molar-refractivity contribution in [3.05, 3.63) is 18.2 Å². The second kappa shape index (κ2) is 5.05. The summed E-state index contributed by atoms with van der Waals surface area (Å²) in [5.41, 5.74) is 0. The van der Waals surface area contributed by atoms with Gasteiger partial charge in [-0.1, -0.05) is 0 Å². The van der Waals surface area contributed by atoms with E-state index in [4.69, 9.17) is 0 Å². The maximum atomic E-state index is 12.7. The number of hydrogen-bond donors (Lipinski definition) is 2. The van der Waals surface area contributed by atoms with Crippen LogP contribution in [-0.4, -0.2) is 48.6 Å². The molecule has 1 aliphatic heterocycles. The lowest BCUT2D eigenvalue weighted by Crippen LogP contribution is -2.58. The van der Waals surface area contributed by atoms with Crippen LogP contribution >= 0.6 is 0 Å². The van der Waals surface area contributed by atoms with Crippen LogP contribution in [0.5, 0.6) is 0 Å². The summed E-state index contributed by atoms with van der Waals surface area (Å²) in [5.74, 6) is -0.216. The number of nitrogens with zero attached hydrogens (tertiary/aromatic N) is 3. The zero-order valence-electron chi connectivity index (χ0n) is 9.48. The van der Waals surface area contributed by atoms with E-state index < -0.39 is 5.82 Å². The van der Waals surface area contributed by atoms with Crippen molar-refractivity contribution in [2.24, 2.45) is 0 Å². The number of rotatable bonds is 2. The van der Waals surface area contributed by atoms with E-state index in [1.54, 1.807) is 11.9 Å². The van der Waals surface area contributed by atoms with Gasteiger partial charge in [-0.15, -0.1) is 0 Å². The summed E-state index contributed by atoms with van der Waals surface area (Å²) in [4.78, 5) is 21.3.